The van der Waals surface area contributed by atoms with E-state index in [1.54, 1.807) is 6.08 Å². The van der Waals surface area contributed by atoms with Gasteiger partial charge < -0.3 is 14.2 Å². The molecule has 0 saturated heterocycles. The van der Waals surface area contributed by atoms with Crippen LogP contribution >= 0.6 is 0 Å². The fourth-order valence-corrected chi connectivity index (χ4v) is 1.14. The van der Waals surface area contributed by atoms with Gasteiger partial charge in [0, 0.05) is 29.7 Å². The molecule has 0 amide bonds. The Bertz CT molecular complexity index is 174. The van der Waals surface area contributed by atoms with Crippen molar-refractivity contribution in [2.24, 2.45) is 0 Å². The Kier molecular flexibility index (Phi) is 5.61. The molecule has 5 heteroatoms. The molecule has 0 N–H and O–H groups in total. The Balaban J connectivity index is 4.21. The molecular weight excluding hydrogens is 176 g/mol. The predicted octanol–water partition coefficient (Wildman–Crippen LogP) is -0.972. The number of hydrogen-bond acceptors (Lipinski definition) is 4. The van der Waals surface area contributed by atoms with Crippen LogP contribution in [0.25, 0.3) is 0 Å². The molecule has 0 aromatic carbocycles. The van der Waals surface area contributed by atoms with Crippen LogP contribution in [0.5, 0.6) is 0 Å². The molecule has 4 nitrogen and oxygen atoms in total. The molecule has 0 saturated carbocycles. The van der Waals surface area contributed by atoms with Crippen LogP contribution in [0.4, 0.5) is 0 Å². The van der Waals surface area contributed by atoms with E-state index in [1.807, 2.05) is 0 Å². The molecule has 0 fully saturated rings. The molecule has 12 heavy (non-hydrogen) atoms. The second-order valence-corrected chi connectivity index (χ2v) is 3.26. The molecule has 0 bridgehead atoms. The van der Waals surface area contributed by atoms with Gasteiger partial charge >= 0.3 is 5.97 Å². The van der Waals surface area contributed by atoms with Crippen LogP contribution < -0.4 is 0 Å². The molecular formula is C7H14O4Si. The van der Waals surface area contributed by atoms with Crippen LogP contribution in [0, 0.1) is 0 Å². The Hall–Kier alpha value is -0.653. The molecule has 0 aromatic heterocycles. The maximum Gasteiger partial charge on any atom is 0.328 e. The number of rotatable bonds is 4. The minimum atomic E-state index is -0.461. The summed E-state index contributed by atoms with van der Waals surface area (Å²) in [6, 6.07) is 0. The third-order valence-electron chi connectivity index (χ3n) is 1.36. The van der Waals surface area contributed by atoms with Crippen molar-refractivity contribution in [3.8, 4) is 0 Å². The van der Waals surface area contributed by atoms with E-state index < -0.39 is 6.29 Å². The maximum absolute atomic E-state index is 10.9. The highest BCUT2D eigenvalue weighted by molar-refractivity contribution is 6.35. The fourth-order valence-electron chi connectivity index (χ4n) is 0.665. The van der Waals surface area contributed by atoms with Gasteiger partial charge in [-0.1, -0.05) is 0 Å². The van der Waals surface area contributed by atoms with Crippen LogP contribution in [0.15, 0.2) is 11.3 Å². The Morgan fingerprint density at radius 1 is 1.33 bits per heavy atom. The largest absolute Gasteiger partial charge is 0.466 e. The normalized spacial score (nSPS) is 12.2. The van der Waals surface area contributed by atoms with Crippen LogP contribution in [-0.2, 0) is 19.0 Å². The highest BCUT2D eigenvalue weighted by Gasteiger charge is 2.06. The van der Waals surface area contributed by atoms with E-state index in [4.69, 9.17) is 9.47 Å². The first kappa shape index (κ1) is 11.3. The molecule has 0 spiro atoms. The summed E-state index contributed by atoms with van der Waals surface area (Å²) < 4.78 is 14.3. The van der Waals surface area contributed by atoms with Crippen molar-refractivity contribution in [3.05, 3.63) is 11.3 Å². The van der Waals surface area contributed by atoms with Gasteiger partial charge in [0.2, 0.25) is 0 Å². The molecule has 0 rings (SSSR count). The number of carbonyl (C=O) groups excluding carboxylic acids is 1. The number of hydrogen-bond donors (Lipinski definition) is 0. The Morgan fingerprint density at radius 3 is 2.17 bits per heavy atom. The average Bonchev–Trinajstić information content (AvgIpc) is 2.12. The van der Waals surface area contributed by atoms with Crippen molar-refractivity contribution in [2.75, 3.05) is 21.3 Å². The van der Waals surface area contributed by atoms with E-state index in [0.29, 0.717) is 15.4 Å². The maximum atomic E-state index is 10.9. The fraction of sp³-hybridized carbons (Fsp3) is 0.571. The minimum Gasteiger partial charge on any atom is -0.466 e. The average molecular weight is 190 g/mol. The van der Waals surface area contributed by atoms with Gasteiger partial charge in [0.05, 0.1) is 7.11 Å². The van der Waals surface area contributed by atoms with Gasteiger partial charge in [0.15, 0.2) is 6.29 Å². The molecule has 0 aliphatic heterocycles. The monoisotopic (exact) mass is 190 g/mol. The number of methoxy groups -OCH3 is 3. The Labute approximate surface area is 74.9 Å². The molecule has 70 valence electrons. The zero-order valence-corrected chi connectivity index (χ0v) is 9.79. The lowest BCUT2D eigenvalue weighted by Gasteiger charge is -2.08. The van der Waals surface area contributed by atoms with Crippen molar-refractivity contribution in [3.63, 3.8) is 0 Å². The van der Waals surface area contributed by atoms with Crippen LogP contribution in [0.1, 0.15) is 0 Å². The first-order valence-electron chi connectivity index (χ1n) is 3.48. The lowest BCUT2D eigenvalue weighted by Crippen LogP contribution is -2.14. The second kappa shape index (κ2) is 5.93. The minimum absolute atomic E-state index is 0.319. The highest BCUT2D eigenvalue weighted by Crippen LogP contribution is 1.98. The van der Waals surface area contributed by atoms with E-state index in [-0.39, 0.29) is 5.97 Å². The highest BCUT2D eigenvalue weighted by atomic mass is 28.1. The van der Waals surface area contributed by atoms with E-state index >= 15 is 0 Å². The lowest BCUT2D eigenvalue weighted by molar-refractivity contribution is -0.135. The van der Waals surface area contributed by atoms with Crippen molar-refractivity contribution < 1.29 is 19.0 Å². The molecule has 0 heterocycles. The smallest absolute Gasteiger partial charge is 0.328 e. The van der Waals surface area contributed by atoms with E-state index in [0.717, 1.165) is 0 Å². The summed E-state index contributed by atoms with van der Waals surface area (Å²) in [4.78, 5) is 10.9. The molecule has 0 atom stereocenters. The molecule has 0 radical (unpaired) electrons. The quantitative estimate of drug-likeness (QED) is 0.247. The molecule has 0 aromatic rings. The zero-order valence-electron chi connectivity index (χ0n) is 7.79. The third kappa shape index (κ3) is 3.66. The summed E-state index contributed by atoms with van der Waals surface area (Å²) in [6.07, 6.45) is 1.15. The first-order chi connectivity index (χ1) is 5.65. The standard InChI is InChI=1S/C7H14O4Si/c1-9-6(10-2)4-5(12)7(8)11-3/h4,6H,1-3,12H3. The van der Waals surface area contributed by atoms with Gasteiger partial charge in [-0.3, -0.25) is 0 Å². The first-order valence-corrected chi connectivity index (χ1v) is 4.48. The van der Waals surface area contributed by atoms with Crippen molar-refractivity contribution in [1.82, 2.24) is 0 Å². The molecule has 0 aliphatic carbocycles. The number of esters is 1. The van der Waals surface area contributed by atoms with Crippen LogP contribution in [-0.4, -0.2) is 43.8 Å². The predicted molar refractivity (Wildman–Crippen MR) is 47.8 cm³/mol. The van der Waals surface area contributed by atoms with Crippen LogP contribution in [0.2, 0.25) is 0 Å². The number of ether oxygens (including phenoxy) is 3. The van der Waals surface area contributed by atoms with E-state index in [9.17, 15) is 4.79 Å². The van der Waals surface area contributed by atoms with Gasteiger partial charge in [-0.05, 0) is 6.08 Å². The van der Waals surface area contributed by atoms with Crippen molar-refractivity contribution in [2.45, 2.75) is 6.29 Å². The SMILES string of the molecule is COC(=O)C([SiH3])=CC(OC)OC. The van der Waals surface area contributed by atoms with Gasteiger partial charge in [-0.15, -0.1) is 0 Å². The number of carbonyl (C=O) groups is 1. The summed E-state index contributed by atoms with van der Waals surface area (Å²) >= 11 is 0. The third-order valence-corrected chi connectivity index (χ3v) is 2.10. The van der Waals surface area contributed by atoms with E-state index in [2.05, 4.69) is 4.74 Å². The van der Waals surface area contributed by atoms with E-state index in [1.165, 1.54) is 21.3 Å². The summed E-state index contributed by atoms with van der Waals surface area (Å²) in [5.41, 5.74) is 0. The summed E-state index contributed by atoms with van der Waals surface area (Å²) in [5, 5.41) is 0.603. The Morgan fingerprint density at radius 2 is 1.83 bits per heavy atom. The molecule has 0 aliphatic rings. The van der Waals surface area contributed by atoms with Gasteiger partial charge in [-0.2, -0.15) is 0 Å². The lowest BCUT2D eigenvalue weighted by atomic mass is 10.4. The summed E-state index contributed by atoms with van der Waals surface area (Å²) in [5.74, 6) is -0.319. The van der Waals surface area contributed by atoms with Gasteiger partial charge in [-0.25, -0.2) is 4.79 Å². The van der Waals surface area contributed by atoms with Crippen LogP contribution in [0.3, 0.4) is 0 Å². The van der Waals surface area contributed by atoms with Gasteiger partial charge in [0.1, 0.15) is 0 Å². The second-order valence-electron chi connectivity index (χ2n) is 2.18. The topological polar surface area (TPSA) is 44.8 Å². The molecule has 0 unspecified atom stereocenters. The zero-order chi connectivity index (χ0) is 9.56. The van der Waals surface area contributed by atoms with Crippen molar-refractivity contribution >= 4 is 16.2 Å². The summed E-state index contributed by atoms with van der Waals surface area (Å²) in [6.45, 7) is 0. The van der Waals surface area contributed by atoms with Gasteiger partial charge in [0.25, 0.3) is 0 Å². The van der Waals surface area contributed by atoms with Crippen molar-refractivity contribution in [1.29, 1.82) is 0 Å². The summed E-state index contributed by atoms with van der Waals surface area (Å²) in [7, 11) is 4.99.